The molecule has 0 amide bonds. The van der Waals surface area contributed by atoms with Crippen molar-refractivity contribution in [3.05, 3.63) is 41.0 Å². The van der Waals surface area contributed by atoms with Crippen molar-refractivity contribution in [2.24, 2.45) is 5.73 Å². The number of fused-ring (bicyclic) bond motifs is 1. The van der Waals surface area contributed by atoms with Crippen LogP contribution < -0.4 is 5.73 Å². The van der Waals surface area contributed by atoms with E-state index in [1.165, 1.54) is 5.56 Å². The maximum Gasteiger partial charge on any atom is 0.212 e. The summed E-state index contributed by atoms with van der Waals surface area (Å²) in [6.07, 6.45) is 2.79. The first-order valence-corrected chi connectivity index (χ1v) is 7.64. The van der Waals surface area contributed by atoms with Crippen LogP contribution in [0.2, 0.25) is 0 Å². The molecule has 0 fully saturated rings. The van der Waals surface area contributed by atoms with Crippen LogP contribution in [-0.2, 0) is 6.42 Å². The molecule has 0 aliphatic heterocycles. The van der Waals surface area contributed by atoms with E-state index in [2.05, 4.69) is 48.2 Å². The van der Waals surface area contributed by atoms with E-state index in [9.17, 15) is 0 Å². The van der Waals surface area contributed by atoms with Gasteiger partial charge in [-0.3, -0.25) is 0 Å². The predicted octanol–water partition coefficient (Wildman–Crippen LogP) is 3.08. The average molecular weight is 286 g/mol. The van der Waals surface area contributed by atoms with E-state index in [4.69, 9.17) is 5.73 Å². The molecule has 0 spiro atoms. The first-order chi connectivity index (χ1) is 9.67. The second-order valence-corrected chi connectivity index (χ2v) is 6.20. The third-order valence-corrected chi connectivity index (χ3v) is 4.30. The maximum absolute atomic E-state index is 5.55. The van der Waals surface area contributed by atoms with Crippen molar-refractivity contribution in [2.75, 3.05) is 6.54 Å². The van der Waals surface area contributed by atoms with Crippen molar-refractivity contribution in [3.63, 3.8) is 0 Å². The number of hydrogen-bond donors (Lipinski definition) is 1. The molecule has 0 saturated carbocycles. The van der Waals surface area contributed by atoms with Crippen LogP contribution in [-0.4, -0.2) is 21.1 Å². The first kappa shape index (κ1) is 13.3. The summed E-state index contributed by atoms with van der Waals surface area (Å²) < 4.78 is 1.85. The lowest BCUT2D eigenvalue weighted by Crippen LogP contribution is -2.02. The summed E-state index contributed by atoms with van der Waals surface area (Å²) in [4.78, 5) is 5.57. The van der Waals surface area contributed by atoms with Gasteiger partial charge in [-0.25, -0.2) is 9.50 Å². The van der Waals surface area contributed by atoms with Crippen molar-refractivity contribution < 1.29 is 0 Å². The maximum atomic E-state index is 5.55. The van der Waals surface area contributed by atoms with E-state index in [0.717, 1.165) is 27.6 Å². The van der Waals surface area contributed by atoms with Crippen molar-refractivity contribution in [3.8, 4) is 11.3 Å². The van der Waals surface area contributed by atoms with Gasteiger partial charge < -0.3 is 5.73 Å². The first-order valence-electron chi connectivity index (χ1n) is 6.83. The van der Waals surface area contributed by atoms with Crippen LogP contribution in [0.4, 0.5) is 0 Å². The standard InChI is InChI=1S/C15H18N4S/c1-10(2)11-3-5-12(6-4-11)13-9-19-15(17-13)20-14(18-19)7-8-16/h3-6,9-10H,7-8,16H2,1-2H3. The van der Waals surface area contributed by atoms with Crippen molar-refractivity contribution >= 4 is 16.3 Å². The van der Waals surface area contributed by atoms with Crippen LogP contribution >= 0.6 is 11.3 Å². The lowest BCUT2D eigenvalue weighted by molar-refractivity contribution is 0.867. The lowest BCUT2D eigenvalue weighted by Gasteiger charge is -2.05. The van der Waals surface area contributed by atoms with E-state index in [1.807, 2.05) is 10.7 Å². The Morgan fingerprint density at radius 1 is 1.25 bits per heavy atom. The Balaban J connectivity index is 1.91. The zero-order valence-electron chi connectivity index (χ0n) is 11.7. The van der Waals surface area contributed by atoms with Gasteiger partial charge in [0.1, 0.15) is 5.01 Å². The molecule has 0 aliphatic carbocycles. The Bertz CT molecular complexity index is 678. The third-order valence-electron chi connectivity index (χ3n) is 3.32. The largest absolute Gasteiger partial charge is 0.330 e. The molecule has 0 atom stereocenters. The number of hydrogen-bond acceptors (Lipinski definition) is 4. The number of benzene rings is 1. The van der Waals surface area contributed by atoms with E-state index in [1.54, 1.807) is 11.3 Å². The van der Waals surface area contributed by atoms with Crippen molar-refractivity contribution in [1.82, 2.24) is 14.6 Å². The predicted molar refractivity (Wildman–Crippen MR) is 83.1 cm³/mol. The molecule has 0 bridgehead atoms. The number of rotatable bonds is 4. The number of nitrogens with two attached hydrogens (primary N) is 1. The molecule has 3 rings (SSSR count). The zero-order valence-corrected chi connectivity index (χ0v) is 12.5. The van der Waals surface area contributed by atoms with Gasteiger partial charge in [0.05, 0.1) is 11.9 Å². The molecule has 2 N–H and O–H groups in total. The second-order valence-electron chi connectivity index (χ2n) is 5.16. The summed E-state index contributed by atoms with van der Waals surface area (Å²) in [5.74, 6) is 0.551. The molecule has 104 valence electrons. The average Bonchev–Trinajstić information content (AvgIpc) is 2.97. The minimum absolute atomic E-state index is 0.551. The molecule has 2 heterocycles. The third kappa shape index (κ3) is 2.46. The van der Waals surface area contributed by atoms with Crippen LogP contribution in [0, 0.1) is 0 Å². The SMILES string of the molecule is CC(C)c1ccc(-c2cn3nc(CCN)sc3n2)cc1. The van der Waals surface area contributed by atoms with Crippen LogP contribution in [0.1, 0.15) is 30.3 Å². The van der Waals surface area contributed by atoms with E-state index >= 15 is 0 Å². The highest BCUT2D eigenvalue weighted by atomic mass is 32.1. The normalized spacial score (nSPS) is 11.6. The van der Waals surface area contributed by atoms with Gasteiger partial charge in [0.15, 0.2) is 0 Å². The molecule has 5 heteroatoms. The van der Waals surface area contributed by atoms with Gasteiger partial charge in [-0.2, -0.15) is 5.10 Å². The molecule has 0 saturated heterocycles. The highest BCUT2D eigenvalue weighted by Crippen LogP contribution is 2.24. The van der Waals surface area contributed by atoms with E-state index < -0.39 is 0 Å². The lowest BCUT2D eigenvalue weighted by atomic mass is 10.0. The molecule has 0 aliphatic rings. The topological polar surface area (TPSA) is 56.2 Å². The fraction of sp³-hybridized carbons (Fsp3) is 0.333. The second kappa shape index (κ2) is 5.34. The zero-order chi connectivity index (χ0) is 14.1. The fourth-order valence-corrected chi connectivity index (χ4v) is 3.03. The molecule has 1 aromatic carbocycles. The van der Waals surface area contributed by atoms with Crippen LogP contribution in [0.15, 0.2) is 30.5 Å². The molecule has 3 aromatic rings. The number of aromatic nitrogens is 3. The van der Waals surface area contributed by atoms with Gasteiger partial charge in [0.2, 0.25) is 4.96 Å². The Hall–Kier alpha value is -1.72. The summed E-state index contributed by atoms with van der Waals surface area (Å²) in [6, 6.07) is 8.59. The summed E-state index contributed by atoms with van der Waals surface area (Å²) in [6.45, 7) is 5.02. The highest BCUT2D eigenvalue weighted by molar-refractivity contribution is 7.16. The van der Waals surface area contributed by atoms with Gasteiger partial charge in [0, 0.05) is 12.0 Å². The molecular formula is C15H18N4S. The fourth-order valence-electron chi connectivity index (χ4n) is 2.14. The van der Waals surface area contributed by atoms with Crippen LogP contribution in [0.3, 0.4) is 0 Å². The molecule has 2 aromatic heterocycles. The van der Waals surface area contributed by atoms with Crippen LogP contribution in [0.25, 0.3) is 16.2 Å². The summed E-state index contributed by atoms with van der Waals surface area (Å²) in [5, 5.41) is 5.53. The highest BCUT2D eigenvalue weighted by Gasteiger charge is 2.09. The van der Waals surface area contributed by atoms with Crippen molar-refractivity contribution in [1.29, 1.82) is 0 Å². The monoisotopic (exact) mass is 286 g/mol. The van der Waals surface area contributed by atoms with Gasteiger partial charge in [0.25, 0.3) is 0 Å². The van der Waals surface area contributed by atoms with E-state index in [0.29, 0.717) is 12.5 Å². The summed E-state index contributed by atoms with van der Waals surface area (Å²) >= 11 is 1.61. The van der Waals surface area contributed by atoms with Gasteiger partial charge in [-0.05, 0) is 18.0 Å². The quantitative estimate of drug-likeness (QED) is 0.802. The van der Waals surface area contributed by atoms with Gasteiger partial charge >= 0.3 is 0 Å². The minimum Gasteiger partial charge on any atom is -0.330 e. The Kier molecular flexibility index (Phi) is 3.54. The van der Waals surface area contributed by atoms with Gasteiger partial charge in [-0.15, -0.1) is 0 Å². The molecular weight excluding hydrogens is 268 g/mol. The smallest absolute Gasteiger partial charge is 0.212 e. The number of imidazole rings is 1. The Morgan fingerprint density at radius 3 is 2.60 bits per heavy atom. The molecule has 0 radical (unpaired) electrons. The minimum atomic E-state index is 0.551. The number of nitrogens with zero attached hydrogens (tertiary/aromatic N) is 3. The molecule has 4 nitrogen and oxygen atoms in total. The summed E-state index contributed by atoms with van der Waals surface area (Å²) in [7, 11) is 0. The van der Waals surface area contributed by atoms with Crippen LogP contribution in [0.5, 0.6) is 0 Å². The molecule has 20 heavy (non-hydrogen) atoms. The van der Waals surface area contributed by atoms with Gasteiger partial charge in [-0.1, -0.05) is 49.4 Å². The van der Waals surface area contributed by atoms with E-state index in [-0.39, 0.29) is 0 Å². The van der Waals surface area contributed by atoms with Crippen molar-refractivity contribution in [2.45, 2.75) is 26.2 Å². The Morgan fingerprint density at radius 2 is 2.00 bits per heavy atom. The Labute approximate surface area is 122 Å². The summed E-state index contributed by atoms with van der Waals surface area (Å²) in [5.41, 5.74) is 9.00. The molecule has 0 unspecified atom stereocenters.